The summed E-state index contributed by atoms with van der Waals surface area (Å²) in [4.78, 5) is 1.93. The molecule has 186 valence electrons. The summed E-state index contributed by atoms with van der Waals surface area (Å²) >= 11 is 0. The number of para-hydroxylation sites is 2. The van der Waals surface area contributed by atoms with Gasteiger partial charge in [-0.3, -0.25) is 0 Å². The number of aromatic nitrogens is 2. The molecule has 3 aromatic rings. The van der Waals surface area contributed by atoms with Crippen LogP contribution in [0.15, 0.2) is 48.5 Å². The third kappa shape index (κ3) is 8.42. The molecule has 0 saturated carbocycles. The molecule has 3 rings (SSSR count). The van der Waals surface area contributed by atoms with Crippen molar-refractivity contribution in [3.63, 3.8) is 0 Å². The van der Waals surface area contributed by atoms with Crippen LogP contribution in [0.4, 0.5) is 5.69 Å². The molecule has 0 unspecified atom stereocenters. The number of hydrogen-bond donors (Lipinski definition) is 0. The van der Waals surface area contributed by atoms with Gasteiger partial charge in [0.15, 0.2) is 11.0 Å². The van der Waals surface area contributed by atoms with Gasteiger partial charge in [-0.15, -0.1) is 0 Å². The highest BCUT2D eigenvalue weighted by atomic mass is 33.1. The van der Waals surface area contributed by atoms with Gasteiger partial charge in [0.2, 0.25) is 0 Å². The Bertz CT molecular complexity index is 1310. The lowest BCUT2D eigenvalue weighted by Gasteiger charge is -2.19. The second kappa shape index (κ2) is 11.8. The summed E-state index contributed by atoms with van der Waals surface area (Å²) in [6, 6.07) is 16.3. The van der Waals surface area contributed by atoms with Gasteiger partial charge < -0.3 is 19.0 Å². The highest BCUT2D eigenvalue weighted by Gasteiger charge is 2.16. The van der Waals surface area contributed by atoms with Gasteiger partial charge in [0, 0.05) is 31.1 Å². The van der Waals surface area contributed by atoms with E-state index in [4.69, 9.17) is 5.26 Å². The first kappa shape index (κ1) is 27.8. The SMILES string of the molecule is CN(CCSS(=O)(=O)[O-])c1ccc(/C=C/c2n(C)c3ccccc3[n+]2C)cc1.CS(=O)(=O)O[O-]. The first-order valence-corrected chi connectivity index (χ1v) is 14.6. The van der Waals surface area contributed by atoms with Crippen molar-refractivity contribution in [3.8, 4) is 0 Å². The molecular formula is C21H26N3O7S3-. The number of rotatable bonds is 8. The van der Waals surface area contributed by atoms with Crippen LogP contribution >= 0.6 is 10.8 Å². The summed E-state index contributed by atoms with van der Waals surface area (Å²) < 4.78 is 57.9. The molecule has 0 radical (unpaired) electrons. The van der Waals surface area contributed by atoms with Crippen LogP contribution in [-0.4, -0.2) is 51.6 Å². The molecule has 1 heterocycles. The van der Waals surface area contributed by atoms with Gasteiger partial charge in [0.25, 0.3) is 15.9 Å². The normalized spacial score (nSPS) is 12.1. The van der Waals surface area contributed by atoms with E-state index in [0.717, 1.165) is 17.1 Å². The molecule has 2 aromatic carbocycles. The van der Waals surface area contributed by atoms with Crippen molar-refractivity contribution in [2.75, 3.05) is 30.5 Å². The Balaban J connectivity index is 0.000000604. The standard InChI is InChI=1S/C20H23N3O3S2.CH4O4S/c1-21(14-15-27-28(24,25)26)17-11-8-16(9-12-17)10-13-20-22(2)18-6-4-5-7-19(18)23(20)3;1-6(3,4)5-2/h4-13H,14-15H2,1-3H3;2H,1H3/p-1. The molecule has 0 saturated heterocycles. The van der Waals surface area contributed by atoms with Gasteiger partial charge in [0.1, 0.15) is 9.15 Å². The molecule has 0 amide bonds. The molecule has 0 N–H and O–H groups in total. The van der Waals surface area contributed by atoms with Gasteiger partial charge in [-0.05, 0) is 46.7 Å². The van der Waals surface area contributed by atoms with Crippen LogP contribution in [0, 0.1) is 0 Å². The Labute approximate surface area is 203 Å². The number of hydrogen-bond acceptors (Lipinski definition) is 9. The van der Waals surface area contributed by atoms with Crippen LogP contribution in [-0.2, 0) is 37.7 Å². The average Bonchev–Trinajstić information content (AvgIpc) is 3.01. The van der Waals surface area contributed by atoms with E-state index in [0.29, 0.717) is 23.6 Å². The maximum absolute atomic E-state index is 10.7. The zero-order valence-electron chi connectivity index (χ0n) is 19.1. The largest absolute Gasteiger partial charge is 0.739 e. The third-order valence-corrected chi connectivity index (χ3v) is 7.08. The lowest BCUT2D eigenvalue weighted by Crippen LogP contribution is -2.30. The number of benzene rings is 2. The van der Waals surface area contributed by atoms with Crippen molar-refractivity contribution < 1.29 is 35.5 Å². The highest BCUT2D eigenvalue weighted by Crippen LogP contribution is 2.18. The molecule has 10 nitrogen and oxygen atoms in total. The fourth-order valence-corrected chi connectivity index (χ4v) is 4.53. The van der Waals surface area contributed by atoms with Crippen LogP contribution in [0.2, 0.25) is 0 Å². The Morgan fingerprint density at radius 2 is 1.68 bits per heavy atom. The summed E-state index contributed by atoms with van der Waals surface area (Å²) in [5, 5.41) is 8.86. The van der Waals surface area contributed by atoms with Crippen molar-refractivity contribution in [1.29, 1.82) is 0 Å². The first-order valence-electron chi connectivity index (χ1n) is 9.87. The monoisotopic (exact) mass is 528 g/mol. The Hall–Kier alpha value is -2.42. The van der Waals surface area contributed by atoms with Crippen LogP contribution < -0.4 is 14.7 Å². The highest BCUT2D eigenvalue weighted by molar-refractivity contribution is 8.69. The van der Waals surface area contributed by atoms with E-state index in [1.165, 1.54) is 11.0 Å². The van der Waals surface area contributed by atoms with E-state index >= 15 is 0 Å². The molecule has 0 fully saturated rings. The van der Waals surface area contributed by atoms with Crippen LogP contribution in [0.1, 0.15) is 11.4 Å². The van der Waals surface area contributed by atoms with E-state index in [-0.39, 0.29) is 5.75 Å². The lowest BCUT2D eigenvalue weighted by molar-refractivity contribution is -0.647. The minimum Gasteiger partial charge on any atom is -0.739 e. The van der Waals surface area contributed by atoms with Crippen molar-refractivity contribution in [1.82, 2.24) is 4.57 Å². The molecule has 34 heavy (non-hydrogen) atoms. The Morgan fingerprint density at radius 3 is 2.21 bits per heavy atom. The van der Waals surface area contributed by atoms with Crippen LogP contribution in [0.25, 0.3) is 23.2 Å². The van der Waals surface area contributed by atoms with E-state index in [2.05, 4.69) is 51.8 Å². The van der Waals surface area contributed by atoms with Gasteiger partial charge in [0.05, 0.1) is 20.4 Å². The lowest BCUT2D eigenvalue weighted by atomic mass is 10.2. The van der Waals surface area contributed by atoms with Crippen molar-refractivity contribution in [3.05, 3.63) is 59.9 Å². The van der Waals surface area contributed by atoms with Gasteiger partial charge in [-0.25, -0.2) is 26.0 Å². The molecule has 1 aromatic heterocycles. The van der Waals surface area contributed by atoms with Crippen LogP contribution in [0.3, 0.4) is 0 Å². The van der Waals surface area contributed by atoms with E-state index in [9.17, 15) is 21.4 Å². The smallest absolute Gasteiger partial charge is 0.281 e. The van der Waals surface area contributed by atoms with E-state index < -0.39 is 19.3 Å². The number of fused-ring (bicyclic) bond motifs is 1. The number of aryl methyl sites for hydroxylation is 2. The molecule has 13 heteroatoms. The summed E-state index contributed by atoms with van der Waals surface area (Å²) in [5.74, 6) is 1.33. The fourth-order valence-electron chi connectivity index (χ4n) is 3.14. The fraction of sp³-hybridized carbons (Fsp3) is 0.286. The van der Waals surface area contributed by atoms with Crippen molar-refractivity contribution in [2.45, 2.75) is 0 Å². The average molecular weight is 529 g/mol. The molecule has 0 aliphatic carbocycles. The van der Waals surface area contributed by atoms with Crippen molar-refractivity contribution >= 4 is 58.9 Å². The number of anilines is 1. The molecule has 0 aliphatic heterocycles. The molecule has 0 spiro atoms. The zero-order valence-corrected chi connectivity index (χ0v) is 21.6. The van der Waals surface area contributed by atoms with Gasteiger partial charge in [-0.1, -0.05) is 24.3 Å². The molecule has 0 atom stereocenters. The number of nitrogens with zero attached hydrogens (tertiary/aromatic N) is 3. The minimum atomic E-state index is -4.23. The molecule has 0 aliphatic rings. The second-order valence-corrected chi connectivity index (χ2v) is 12.3. The maximum Gasteiger partial charge on any atom is 0.281 e. The van der Waals surface area contributed by atoms with Crippen LogP contribution in [0.5, 0.6) is 0 Å². The maximum atomic E-state index is 10.7. The number of imidazole rings is 1. The summed E-state index contributed by atoms with van der Waals surface area (Å²) in [6.45, 7) is 0.479. The quantitative estimate of drug-likeness (QED) is 0.138. The third-order valence-electron chi connectivity index (χ3n) is 4.83. The zero-order chi connectivity index (χ0) is 25.5. The minimum absolute atomic E-state index is 0.238. The second-order valence-electron chi connectivity index (χ2n) is 7.31. The van der Waals surface area contributed by atoms with E-state index in [1.54, 1.807) is 0 Å². The van der Waals surface area contributed by atoms with Crippen molar-refractivity contribution in [2.24, 2.45) is 14.1 Å². The Kier molecular flexibility index (Phi) is 9.67. The summed E-state index contributed by atoms with van der Waals surface area (Å²) in [7, 11) is -1.54. The topological polar surface area (TPSA) is 136 Å². The molecular weight excluding hydrogens is 502 g/mol. The molecule has 0 bridgehead atoms. The Morgan fingerprint density at radius 1 is 1.09 bits per heavy atom. The predicted octanol–water partition coefficient (Wildman–Crippen LogP) is 1.04. The predicted molar refractivity (Wildman–Crippen MR) is 131 cm³/mol. The van der Waals surface area contributed by atoms with Gasteiger partial charge in [-0.2, -0.15) is 0 Å². The van der Waals surface area contributed by atoms with E-state index in [1.807, 2.05) is 48.3 Å². The summed E-state index contributed by atoms with van der Waals surface area (Å²) in [6.07, 6.45) is 4.84. The van der Waals surface area contributed by atoms with Gasteiger partial charge >= 0.3 is 0 Å². The summed E-state index contributed by atoms with van der Waals surface area (Å²) in [5.41, 5.74) is 4.40. The first-order chi connectivity index (χ1) is 15.8.